The normalized spacial score (nSPS) is 12.8. The SMILES string of the molecule is CCCCCCC(=O)N[C@H](Nc1cccc2ccccc12)C(Cl)(Cl)Cl. The van der Waals surface area contributed by atoms with Crippen LogP contribution in [0.1, 0.15) is 39.0 Å². The molecule has 0 fully saturated rings. The minimum atomic E-state index is -1.67. The van der Waals surface area contributed by atoms with Gasteiger partial charge in [-0.3, -0.25) is 4.79 Å². The Bertz CT molecular complexity index is 695. The largest absolute Gasteiger partial charge is 0.361 e. The van der Waals surface area contributed by atoms with Crippen LogP contribution >= 0.6 is 34.8 Å². The van der Waals surface area contributed by atoms with Crippen LogP contribution in [0.5, 0.6) is 0 Å². The number of hydrogen-bond acceptors (Lipinski definition) is 2. The molecule has 2 aromatic carbocycles. The zero-order chi connectivity index (χ0) is 18.3. The van der Waals surface area contributed by atoms with Gasteiger partial charge in [0.2, 0.25) is 9.70 Å². The Morgan fingerprint density at radius 3 is 2.48 bits per heavy atom. The second-order valence-electron chi connectivity index (χ2n) is 6.02. The Balaban J connectivity index is 2.09. The first kappa shape index (κ1) is 20.2. The zero-order valence-corrected chi connectivity index (χ0v) is 16.5. The minimum Gasteiger partial charge on any atom is -0.361 e. The third-order valence-electron chi connectivity index (χ3n) is 3.98. The van der Waals surface area contributed by atoms with E-state index >= 15 is 0 Å². The first-order valence-electron chi connectivity index (χ1n) is 8.52. The number of rotatable bonds is 8. The van der Waals surface area contributed by atoms with Crippen molar-refractivity contribution in [2.24, 2.45) is 0 Å². The summed E-state index contributed by atoms with van der Waals surface area (Å²) in [7, 11) is 0. The van der Waals surface area contributed by atoms with Crippen LogP contribution in [-0.4, -0.2) is 15.9 Å². The Morgan fingerprint density at radius 1 is 1.04 bits per heavy atom. The van der Waals surface area contributed by atoms with Crippen molar-refractivity contribution in [3.63, 3.8) is 0 Å². The average molecular weight is 402 g/mol. The lowest BCUT2D eigenvalue weighted by Crippen LogP contribution is -2.49. The molecule has 1 atom stereocenters. The fourth-order valence-electron chi connectivity index (χ4n) is 2.65. The van der Waals surface area contributed by atoms with Crippen LogP contribution in [0.2, 0.25) is 0 Å². The van der Waals surface area contributed by atoms with Crippen LogP contribution in [0.3, 0.4) is 0 Å². The summed E-state index contributed by atoms with van der Waals surface area (Å²) in [5.41, 5.74) is 0.806. The summed E-state index contributed by atoms with van der Waals surface area (Å²) in [5.74, 6) is -0.125. The predicted octanol–water partition coefficient (Wildman–Crippen LogP) is 6.03. The van der Waals surface area contributed by atoms with E-state index in [1.54, 1.807) is 0 Å². The van der Waals surface area contributed by atoms with Gasteiger partial charge in [-0.15, -0.1) is 0 Å². The third kappa shape index (κ3) is 6.25. The number of benzene rings is 2. The van der Waals surface area contributed by atoms with Gasteiger partial charge in [-0.25, -0.2) is 0 Å². The maximum absolute atomic E-state index is 12.2. The molecule has 0 aliphatic rings. The predicted molar refractivity (Wildman–Crippen MR) is 109 cm³/mol. The molecule has 3 nitrogen and oxygen atoms in total. The number of hydrogen-bond donors (Lipinski definition) is 2. The van der Waals surface area contributed by atoms with Crippen LogP contribution in [0.15, 0.2) is 42.5 Å². The number of fused-ring (bicyclic) bond motifs is 1. The summed E-state index contributed by atoms with van der Waals surface area (Å²) < 4.78 is -1.67. The number of carbonyl (C=O) groups is 1. The molecular weight excluding hydrogens is 379 g/mol. The number of nitrogens with one attached hydrogen (secondary N) is 2. The van der Waals surface area contributed by atoms with Crippen LogP contribution < -0.4 is 10.6 Å². The van der Waals surface area contributed by atoms with E-state index in [2.05, 4.69) is 17.6 Å². The van der Waals surface area contributed by atoms with Gasteiger partial charge in [-0.2, -0.15) is 0 Å². The summed E-state index contributed by atoms with van der Waals surface area (Å²) >= 11 is 18.2. The number of anilines is 1. The molecule has 0 aromatic heterocycles. The van der Waals surface area contributed by atoms with E-state index in [0.29, 0.717) is 6.42 Å². The maximum atomic E-state index is 12.2. The summed E-state index contributed by atoms with van der Waals surface area (Å²) in [6.45, 7) is 2.13. The van der Waals surface area contributed by atoms with Gasteiger partial charge in [0.05, 0.1) is 0 Å². The number of alkyl halides is 3. The maximum Gasteiger partial charge on any atom is 0.228 e. The molecule has 0 unspecified atom stereocenters. The van der Waals surface area contributed by atoms with Gasteiger partial charge in [0.15, 0.2) is 0 Å². The Hall–Kier alpha value is -1.16. The first-order chi connectivity index (χ1) is 11.9. The molecule has 25 heavy (non-hydrogen) atoms. The number of carbonyl (C=O) groups excluding carboxylic acids is 1. The van der Waals surface area contributed by atoms with E-state index in [1.165, 1.54) is 0 Å². The summed E-state index contributed by atoms with van der Waals surface area (Å²) in [5, 5.41) is 8.04. The molecule has 0 saturated carbocycles. The fourth-order valence-corrected chi connectivity index (χ4v) is 2.98. The quantitative estimate of drug-likeness (QED) is 0.322. The molecular formula is C19H23Cl3N2O. The standard InChI is InChI=1S/C19H23Cl3N2O/c1-2-3-4-5-13-17(25)24-18(19(20,21)22)23-16-12-8-10-14-9-6-7-11-15(14)16/h6-12,18,23H,2-5,13H2,1H3,(H,24,25)/t18-/m0/s1. The smallest absolute Gasteiger partial charge is 0.228 e. The van der Waals surface area contributed by atoms with Crippen molar-refractivity contribution in [2.45, 2.75) is 49.0 Å². The number of amides is 1. The lowest BCUT2D eigenvalue weighted by molar-refractivity contribution is -0.121. The van der Waals surface area contributed by atoms with Crippen LogP contribution in [0, 0.1) is 0 Å². The lowest BCUT2D eigenvalue weighted by atomic mass is 10.1. The second kappa shape index (κ2) is 9.51. The molecule has 2 rings (SSSR count). The van der Waals surface area contributed by atoms with E-state index in [0.717, 1.165) is 42.1 Å². The van der Waals surface area contributed by atoms with E-state index < -0.39 is 9.96 Å². The van der Waals surface area contributed by atoms with Crippen LogP contribution in [-0.2, 0) is 4.79 Å². The highest BCUT2D eigenvalue weighted by Crippen LogP contribution is 2.33. The van der Waals surface area contributed by atoms with Gasteiger partial charge in [-0.05, 0) is 17.9 Å². The van der Waals surface area contributed by atoms with E-state index in [1.807, 2.05) is 42.5 Å². The minimum absolute atomic E-state index is 0.125. The van der Waals surface area contributed by atoms with Gasteiger partial charge >= 0.3 is 0 Å². The summed E-state index contributed by atoms with van der Waals surface area (Å²) in [4.78, 5) is 12.2. The molecule has 0 radical (unpaired) electrons. The number of halogens is 3. The molecule has 2 N–H and O–H groups in total. The molecule has 0 heterocycles. The first-order valence-corrected chi connectivity index (χ1v) is 9.65. The highest BCUT2D eigenvalue weighted by atomic mass is 35.6. The van der Waals surface area contributed by atoms with Crippen LogP contribution in [0.4, 0.5) is 5.69 Å². The topological polar surface area (TPSA) is 41.1 Å². The van der Waals surface area contributed by atoms with Gasteiger partial charge in [0.25, 0.3) is 0 Å². The molecule has 0 bridgehead atoms. The van der Waals surface area contributed by atoms with Crippen LogP contribution in [0.25, 0.3) is 10.8 Å². The monoisotopic (exact) mass is 400 g/mol. The van der Waals surface area contributed by atoms with Crippen molar-refractivity contribution in [1.82, 2.24) is 5.32 Å². The lowest BCUT2D eigenvalue weighted by Gasteiger charge is -2.28. The van der Waals surface area contributed by atoms with Gasteiger partial charge in [-0.1, -0.05) is 97.4 Å². The molecule has 1 amide bonds. The van der Waals surface area contributed by atoms with Crippen molar-refractivity contribution in [2.75, 3.05) is 5.32 Å². The molecule has 136 valence electrons. The molecule has 0 spiro atoms. The van der Waals surface area contributed by atoms with E-state index in [9.17, 15) is 4.79 Å². The number of unbranched alkanes of at least 4 members (excludes halogenated alkanes) is 3. The van der Waals surface area contributed by atoms with Gasteiger partial charge in [0.1, 0.15) is 6.17 Å². The van der Waals surface area contributed by atoms with E-state index in [4.69, 9.17) is 34.8 Å². The van der Waals surface area contributed by atoms with Gasteiger partial charge < -0.3 is 10.6 Å². The molecule has 0 aliphatic carbocycles. The second-order valence-corrected chi connectivity index (χ2v) is 8.39. The summed E-state index contributed by atoms with van der Waals surface area (Å²) in [6.07, 6.45) is 3.71. The van der Waals surface area contributed by atoms with Crippen molar-refractivity contribution >= 4 is 57.2 Å². The van der Waals surface area contributed by atoms with Crippen molar-refractivity contribution in [1.29, 1.82) is 0 Å². The van der Waals surface area contributed by atoms with Gasteiger partial charge in [0, 0.05) is 17.5 Å². The highest BCUT2D eigenvalue weighted by molar-refractivity contribution is 6.68. The Morgan fingerprint density at radius 2 is 1.76 bits per heavy atom. The summed E-state index contributed by atoms with van der Waals surface area (Å²) in [6, 6.07) is 13.8. The van der Waals surface area contributed by atoms with E-state index in [-0.39, 0.29) is 5.91 Å². The Kier molecular flexibility index (Phi) is 7.67. The van der Waals surface area contributed by atoms with Crippen molar-refractivity contribution < 1.29 is 4.79 Å². The molecule has 0 aliphatic heterocycles. The molecule has 6 heteroatoms. The molecule has 2 aromatic rings. The molecule has 0 saturated heterocycles. The zero-order valence-electron chi connectivity index (χ0n) is 14.2. The third-order valence-corrected chi connectivity index (χ3v) is 4.63. The fraction of sp³-hybridized carbons (Fsp3) is 0.421. The Labute approximate surface area is 164 Å². The van der Waals surface area contributed by atoms with Crippen molar-refractivity contribution in [3.8, 4) is 0 Å². The highest BCUT2D eigenvalue weighted by Gasteiger charge is 2.34. The average Bonchev–Trinajstić information content (AvgIpc) is 2.57. The van der Waals surface area contributed by atoms with Crippen molar-refractivity contribution in [3.05, 3.63) is 42.5 Å².